The molecule has 6 rings (SSSR count). The summed E-state index contributed by atoms with van der Waals surface area (Å²) in [6.45, 7) is 0.956. The molecule has 2 heterocycles. The lowest BCUT2D eigenvalue weighted by molar-refractivity contribution is -0.143. The van der Waals surface area contributed by atoms with Crippen molar-refractivity contribution in [3.05, 3.63) is 76.9 Å². The summed E-state index contributed by atoms with van der Waals surface area (Å²) in [6, 6.07) is 17.8. The third kappa shape index (κ3) is 5.36. The number of piperidine rings is 1. The lowest BCUT2D eigenvalue weighted by Crippen LogP contribution is -2.49. The molecule has 4 atom stereocenters. The summed E-state index contributed by atoms with van der Waals surface area (Å²) in [5.41, 5.74) is 3.40. The van der Waals surface area contributed by atoms with Crippen LogP contribution in [0.25, 0.3) is 0 Å². The number of aliphatic hydroxyl groups excluding tert-OH is 2. The van der Waals surface area contributed by atoms with Crippen molar-refractivity contribution >= 4 is 5.91 Å². The smallest absolute Gasteiger partial charge is 0.231 e. The summed E-state index contributed by atoms with van der Waals surface area (Å²) < 4.78 is 28.3. The Balaban J connectivity index is 1.39. The van der Waals surface area contributed by atoms with E-state index in [0.29, 0.717) is 53.3 Å². The van der Waals surface area contributed by atoms with Gasteiger partial charge in [0.25, 0.3) is 0 Å². The van der Waals surface area contributed by atoms with Gasteiger partial charge in [0.15, 0.2) is 23.0 Å². The van der Waals surface area contributed by atoms with Crippen LogP contribution in [0.4, 0.5) is 0 Å². The first kappa shape index (κ1) is 29.1. The number of likely N-dealkylation sites (tertiary alicyclic amines) is 1. The highest BCUT2D eigenvalue weighted by Gasteiger charge is 2.49. The molecule has 43 heavy (non-hydrogen) atoms. The fourth-order valence-electron chi connectivity index (χ4n) is 7.09. The van der Waals surface area contributed by atoms with Gasteiger partial charge in [0.2, 0.25) is 18.4 Å². The molecule has 2 N–H and O–H groups in total. The molecule has 0 bridgehead atoms. The highest BCUT2D eigenvalue weighted by Crippen LogP contribution is 2.54. The summed E-state index contributed by atoms with van der Waals surface area (Å²) in [4.78, 5) is 16.5. The zero-order valence-electron chi connectivity index (χ0n) is 24.8. The first-order valence-corrected chi connectivity index (χ1v) is 14.8. The number of carbonyl (C=O) groups is 1. The van der Waals surface area contributed by atoms with E-state index in [1.165, 1.54) is 5.56 Å². The van der Waals surface area contributed by atoms with Gasteiger partial charge in [-0.1, -0.05) is 30.3 Å². The van der Waals surface area contributed by atoms with E-state index in [1.54, 1.807) is 27.4 Å². The van der Waals surface area contributed by atoms with Gasteiger partial charge in [-0.2, -0.15) is 0 Å². The Morgan fingerprint density at radius 2 is 1.53 bits per heavy atom. The highest BCUT2D eigenvalue weighted by molar-refractivity contribution is 5.82. The number of benzene rings is 3. The number of fused-ring (bicyclic) bond motifs is 2. The maximum absolute atomic E-state index is 14.6. The number of methoxy groups -OCH3 is 3. The monoisotopic (exact) mass is 589 g/mol. The van der Waals surface area contributed by atoms with E-state index < -0.39 is 23.9 Å². The molecule has 9 nitrogen and oxygen atoms in total. The van der Waals surface area contributed by atoms with Crippen LogP contribution >= 0.6 is 0 Å². The second-order valence-corrected chi connectivity index (χ2v) is 11.5. The lowest BCUT2D eigenvalue weighted by atomic mass is 9.64. The predicted octanol–water partition coefficient (Wildman–Crippen LogP) is 4.33. The van der Waals surface area contributed by atoms with Gasteiger partial charge in [0, 0.05) is 31.5 Å². The number of carbonyl (C=O) groups excluding carboxylic acids is 1. The third-order valence-corrected chi connectivity index (χ3v) is 9.29. The van der Waals surface area contributed by atoms with Crippen LogP contribution in [-0.2, 0) is 11.2 Å². The molecular weight excluding hydrogens is 550 g/mol. The molecule has 2 aliphatic heterocycles. The predicted molar refractivity (Wildman–Crippen MR) is 159 cm³/mol. The quantitative estimate of drug-likeness (QED) is 0.400. The van der Waals surface area contributed by atoms with Crippen molar-refractivity contribution in [1.29, 1.82) is 0 Å². The molecule has 0 radical (unpaired) electrons. The maximum atomic E-state index is 14.6. The Kier molecular flexibility index (Phi) is 8.36. The molecule has 1 amide bonds. The van der Waals surface area contributed by atoms with Crippen LogP contribution in [0.1, 0.15) is 47.1 Å². The van der Waals surface area contributed by atoms with Gasteiger partial charge in [-0.15, -0.1) is 0 Å². The van der Waals surface area contributed by atoms with Crippen LogP contribution in [-0.4, -0.2) is 68.8 Å². The van der Waals surface area contributed by atoms with Crippen LogP contribution in [0.15, 0.2) is 54.6 Å². The van der Waals surface area contributed by atoms with Gasteiger partial charge in [-0.3, -0.25) is 4.79 Å². The molecule has 228 valence electrons. The van der Waals surface area contributed by atoms with Gasteiger partial charge >= 0.3 is 0 Å². The normalized spacial score (nSPS) is 23.0. The van der Waals surface area contributed by atoms with Crippen molar-refractivity contribution in [3.63, 3.8) is 0 Å². The van der Waals surface area contributed by atoms with Crippen LogP contribution < -0.4 is 23.7 Å². The molecule has 9 heteroatoms. The Labute approximate surface area is 251 Å². The molecule has 1 saturated heterocycles. The topological polar surface area (TPSA) is 107 Å². The minimum absolute atomic E-state index is 0.0763. The molecule has 0 unspecified atom stereocenters. The maximum Gasteiger partial charge on any atom is 0.231 e. The molecule has 3 aromatic carbocycles. The number of hydrogen-bond donors (Lipinski definition) is 2. The van der Waals surface area contributed by atoms with Crippen LogP contribution in [0.2, 0.25) is 0 Å². The average molecular weight is 590 g/mol. The fraction of sp³-hybridized carbons (Fsp3) is 0.441. The summed E-state index contributed by atoms with van der Waals surface area (Å²) in [5, 5.41) is 22.3. The van der Waals surface area contributed by atoms with Crippen molar-refractivity contribution < 1.29 is 38.7 Å². The Morgan fingerprint density at radius 3 is 2.12 bits per heavy atom. The second-order valence-electron chi connectivity index (χ2n) is 11.5. The minimum atomic E-state index is -1.07. The average Bonchev–Trinajstić information content (AvgIpc) is 3.51. The van der Waals surface area contributed by atoms with E-state index in [-0.39, 0.29) is 19.3 Å². The third-order valence-electron chi connectivity index (χ3n) is 9.29. The summed E-state index contributed by atoms with van der Waals surface area (Å²) in [5.74, 6) is 0.820. The van der Waals surface area contributed by atoms with E-state index >= 15 is 0 Å². The van der Waals surface area contributed by atoms with Gasteiger partial charge in [0.1, 0.15) is 0 Å². The van der Waals surface area contributed by atoms with Gasteiger partial charge in [-0.25, -0.2) is 0 Å². The molecule has 0 spiro atoms. The molecule has 1 fully saturated rings. The standard InChI is InChI=1S/C34H39NO8/c1-39-28-14-22(15-29(40-2)33(28)41-3)30-23-16-26-27(43-19-42-26)17-24(23)32(37)25(18-36)31(30)34(38)35-11-9-21(10-12-35)13-20-7-5-4-6-8-20/h4-8,14-17,21,25,30-32,36-37H,9-13,18-19H2,1-3H3/t25-,30+,31-,32-/m0/s1. The van der Waals surface area contributed by atoms with E-state index in [9.17, 15) is 15.0 Å². The number of nitrogens with zero attached hydrogens (tertiary/aromatic N) is 1. The van der Waals surface area contributed by atoms with Gasteiger partial charge in [-0.05, 0) is 71.7 Å². The number of aliphatic hydroxyl groups is 2. The van der Waals surface area contributed by atoms with E-state index in [0.717, 1.165) is 30.4 Å². The number of amides is 1. The van der Waals surface area contributed by atoms with Crippen LogP contribution in [0.3, 0.4) is 0 Å². The summed E-state index contributed by atoms with van der Waals surface area (Å²) >= 11 is 0. The number of hydrogen-bond acceptors (Lipinski definition) is 8. The molecule has 1 aliphatic carbocycles. The Morgan fingerprint density at radius 1 is 0.907 bits per heavy atom. The van der Waals surface area contributed by atoms with Crippen molar-refractivity contribution in [2.24, 2.45) is 17.8 Å². The number of rotatable bonds is 8. The van der Waals surface area contributed by atoms with Crippen LogP contribution in [0.5, 0.6) is 28.7 Å². The Bertz CT molecular complexity index is 1430. The SMILES string of the molecule is COc1cc([C@@H]2c3cc4c(cc3[C@H](O)[C@@H](CO)[C@@H]2C(=O)N2CCC(Cc3ccccc3)CC2)OCO4)cc(OC)c1OC. The van der Waals surface area contributed by atoms with Crippen LogP contribution in [0, 0.1) is 17.8 Å². The molecular formula is C34H39NO8. The number of ether oxygens (including phenoxy) is 5. The fourth-order valence-corrected chi connectivity index (χ4v) is 7.09. The zero-order valence-corrected chi connectivity index (χ0v) is 24.8. The molecule has 0 saturated carbocycles. The largest absolute Gasteiger partial charge is 0.493 e. The first-order chi connectivity index (χ1) is 21.0. The Hall–Kier alpha value is -3.95. The molecule has 3 aromatic rings. The zero-order chi connectivity index (χ0) is 30.1. The lowest BCUT2D eigenvalue weighted by Gasteiger charge is -2.44. The first-order valence-electron chi connectivity index (χ1n) is 14.8. The van der Waals surface area contributed by atoms with Crippen molar-refractivity contribution in [2.75, 3.05) is 47.8 Å². The van der Waals surface area contributed by atoms with Gasteiger partial charge < -0.3 is 38.8 Å². The van der Waals surface area contributed by atoms with Crippen molar-refractivity contribution in [3.8, 4) is 28.7 Å². The van der Waals surface area contributed by atoms with E-state index in [2.05, 4.69) is 24.3 Å². The molecule has 3 aliphatic rings. The van der Waals surface area contributed by atoms with E-state index in [4.69, 9.17) is 23.7 Å². The van der Waals surface area contributed by atoms with Crippen molar-refractivity contribution in [1.82, 2.24) is 4.90 Å². The van der Waals surface area contributed by atoms with Crippen molar-refractivity contribution in [2.45, 2.75) is 31.3 Å². The summed E-state index contributed by atoms with van der Waals surface area (Å²) in [6.07, 6.45) is 1.70. The summed E-state index contributed by atoms with van der Waals surface area (Å²) in [7, 11) is 4.65. The minimum Gasteiger partial charge on any atom is -0.493 e. The second kappa shape index (κ2) is 12.3. The molecule has 0 aromatic heterocycles. The van der Waals surface area contributed by atoms with Gasteiger partial charge in [0.05, 0.1) is 33.4 Å². The van der Waals surface area contributed by atoms with E-state index in [1.807, 2.05) is 29.2 Å². The highest BCUT2D eigenvalue weighted by atomic mass is 16.7.